The topological polar surface area (TPSA) is 54.5 Å². The van der Waals surface area contributed by atoms with Crippen LogP contribution < -0.4 is 10.1 Å². The van der Waals surface area contributed by atoms with Gasteiger partial charge in [-0.05, 0) is 61.8 Å². The minimum Gasteiger partial charge on any atom is -0.456 e. The van der Waals surface area contributed by atoms with E-state index in [1.54, 1.807) is 29.3 Å². The van der Waals surface area contributed by atoms with E-state index in [0.29, 0.717) is 35.3 Å². The van der Waals surface area contributed by atoms with Crippen LogP contribution in [0.25, 0.3) is 10.1 Å². The number of rotatable bonds is 5. The predicted molar refractivity (Wildman–Crippen MR) is 103 cm³/mol. The van der Waals surface area contributed by atoms with Gasteiger partial charge < -0.3 is 15.0 Å². The van der Waals surface area contributed by atoms with Crippen LogP contribution in [0, 0.1) is 0 Å². The Hall–Kier alpha value is -2.31. The summed E-state index contributed by atoms with van der Waals surface area (Å²) in [5.74, 6) is 1.22. The van der Waals surface area contributed by atoms with Crippen molar-refractivity contribution < 1.29 is 9.53 Å². The fraction of sp³-hybridized carbons (Fsp3) is 0.222. The van der Waals surface area contributed by atoms with E-state index in [0.717, 1.165) is 10.1 Å². The van der Waals surface area contributed by atoms with Crippen molar-refractivity contribution in [3.8, 4) is 11.5 Å². The van der Waals surface area contributed by atoms with Crippen molar-refractivity contribution in [2.75, 3.05) is 18.4 Å². The van der Waals surface area contributed by atoms with Gasteiger partial charge in [0.05, 0.1) is 9.72 Å². The first-order chi connectivity index (χ1) is 12.1. The van der Waals surface area contributed by atoms with Crippen LogP contribution in [-0.4, -0.2) is 28.4 Å². The van der Waals surface area contributed by atoms with E-state index in [4.69, 9.17) is 16.3 Å². The number of nitrogens with one attached hydrogen (secondary N) is 1. The molecule has 0 saturated carbocycles. The molecule has 0 atom stereocenters. The van der Waals surface area contributed by atoms with Crippen molar-refractivity contribution in [3.63, 3.8) is 0 Å². The van der Waals surface area contributed by atoms with E-state index in [-0.39, 0.29) is 6.03 Å². The molecule has 0 aliphatic carbocycles. The van der Waals surface area contributed by atoms with Crippen molar-refractivity contribution in [2.45, 2.75) is 13.8 Å². The van der Waals surface area contributed by atoms with Crippen LogP contribution in [0.5, 0.6) is 11.5 Å². The fourth-order valence-corrected chi connectivity index (χ4v) is 3.26. The number of hydrogen-bond donors (Lipinski definition) is 1. The van der Waals surface area contributed by atoms with Crippen LogP contribution in [0.3, 0.4) is 0 Å². The number of hydrogen-bond acceptors (Lipinski definition) is 4. The zero-order valence-corrected chi connectivity index (χ0v) is 15.5. The summed E-state index contributed by atoms with van der Waals surface area (Å²) in [4.78, 5) is 13.8. The van der Waals surface area contributed by atoms with Crippen molar-refractivity contribution in [2.24, 2.45) is 0 Å². The van der Waals surface area contributed by atoms with Crippen LogP contribution in [0.4, 0.5) is 10.5 Å². The van der Waals surface area contributed by atoms with Gasteiger partial charge in [-0.15, -0.1) is 0 Å². The second kappa shape index (κ2) is 7.72. The summed E-state index contributed by atoms with van der Waals surface area (Å²) >= 11 is 7.75. The molecular weight excluding hydrogens is 358 g/mol. The van der Waals surface area contributed by atoms with Gasteiger partial charge in [-0.1, -0.05) is 11.6 Å². The molecule has 1 heterocycles. The van der Waals surface area contributed by atoms with Crippen molar-refractivity contribution >= 4 is 44.9 Å². The highest BCUT2D eigenvalue weighted by atomic mass is 35.5. The van der Waals surface area contributed by atoms with Gasteiger partial charge in [-0.2, -0.15) is 4.37 Å². The number of nitrogens with zero attached hydrogens (tertiary/aromatic N) is 2. The van der Waals surface area contributed by atoms with E-state index in [9.17, 15) is 4.79 Å². The average molecular weight is 376 g/mol. The molecule has 5 nitrogen and oxygen atoms in total. The first-order valence-electron chi connectivity index (χ1n) is 7.98. The lowest BCUT2D eigenvalue weighted by molar-refractivity contribution is 0.217. The third-order valence-corrected chi connectivity index (χ3v) is 4.86. The van der Waals surface area contributed by atoms with E-state index in [2.05, 4.69) is 9.69 Å². The molecule has 0 spiro atoms. The largest absolute Gasteiger partial charge is 0.456 e. The molecule has 7 heteroatoms. The number of benzene rings is 2. The number of carbonyl (C=O) groups excluding carboxylic acids is 1. The third kappa shape index (κ3) is 4.03. The first-order valence-corrected chi connectivity index (χ1v) is 9.13. The fourth-order valence-electron chi connectivity index (χ4n) is 2.42. The molecule has 2 amide bonds. The molecule has 1 aromatic heterocycles. The minimum atomic E-state index is -0.148. The van der Waals surface area contributed by atoms with Gasteiger partial charge in [-0.3, -0.25) is 0 Å². The number of anilines is 1. The molecule has 2 aromatic carbocycles. The molecular formula is C18H18ClN3O2S. The Kier molecular flexibility index (Phi) is 5.40. The Morgan fingerprint density at radius 2 is 2.04 bits per heavy atom. The lowest BCUT2D eigenvalue weighted by Gasteiger charge is -2.19. The maximum absolute atomic E-state index is 12.1. The molecule has 0 saturated heterocycles. The maximum Gasteiger partial charge on any atom is 0.321 e. The van der Waals surface area contributed by atoms with Crippen LogP contribution in [-0.2, 0) is 0 Å². The Morgan fingerprint density at radius 3 is 2.76 bits per heavy atom. The highest BCUT2D eigenvalue weighted by molar-refractivity contribution is 7.13. The van der Waals surface area contributed by atoms with Gasteiger partial charge in [-0.25, -0.2) is 4.79 Å². The number of amides is 2. The molecule has 0 aliphatic rings. The third-order valence-electron chi connectivity index (χ3n) is 3.79. The number of fused-ring (bicyclic) bond motifs is 1. The Morgan fingerprint density at radius 1 is 1.24 bits per heavy atom. The molecule has 0 unspecified atom stereocenters. The molecule has 1 N–H and O–H groups in total. The zero-order chi connectivity index (χ0) is 17.8. The number of carbonyl (C=O) groups is 1. The summed E-state index contributed by atoms with van der Waals surface area (Å²) in [7, 11) is 0. The second-order valence-electron chi connectivity index (χ2n) is 5.38. The van der Waals surface area contributed by atoms with Gasteiger partial charge in [0.15, 0.2) is 0 Å². The maximum atomic E-state index is 12.1. The summed E-state index contributed by atoms with van der Waals surface area (Å²) in [5, 5.41) is 4.30. The summed E-state index contributed by atoms with van der Waals surface area (Å²) < 4.78 is 11.1. The standard InChI is InChI=1S/C18H18ClN3O2S/c1-3-22(4-2)18(23)21-13-5-7-16(15(19)10-13)24-14-6-8-17-12(9-14)11-20-25-17/h5-11H,3-4H2,1-2H3,(H,21,23). The van der Waals surface area contributed by atoms with E-state index in [1.807, 2.05) is 32.0 Å². The number of ether oxygens (including phenoxy) is 1. The average Bonchev–Trinajstić information content (AvgIpc) is 3.06. The number of aromatic nitrogens is 1. The Labute approximate surface area is 155 Å². The van der Waals surface area contributed by atoms with Crippen molar-refractivity contribution in [3.05, 3.63) is 47.6 Å². The number of halogens is 1. The molecule has 130 valence electrons. The highest BCUT2D eigenvalue weighted by Crippen LogP contribution is 2.33. The van der Waals surface area contributed by atoms with E-state index in [1.165, 1.54) is 11.5 Å². The summed E-state index contributed by atoms with van der Waals surface area (Å²) in [6.45, 7) is 5.17. The van der Waals surface area contributed by atoms with Crippen LogP contribution in [0.1, 0.15) is 13.8 Å². The Bertz CT molecular complexity index is 893. The first kappa shape index (κ1) is 17.5. The lowest BCUT2D eigenvalue weighted by Crippen LogP contribution is -2.34. The zero-order valence-electron chi connectivity index (χ0n) is 14.0. The van der Waals surface area contributed by atoms with Crippen LogP contribution in [0.2, 0.25) is 5.02 Å². The molecule has 25 heavy (non-hydrogen) atoms. The minimum absolute atomic E-state index is 0.148. The summed E-state index contributed by atoms with van der Waals surface area (Å²) in [6.07, 6.45) is 1.81. The summed E-state index contributed by atoms with van der Waals surface area (Å²) in [5.41, 5.74) is 0.631. The molecule has 0 fully saturated rings. The van der Waals surface area contributed by atoms with Crippen molar-refractivity contribution in [1.82, 2.24) is 9.27 Å². The second-order valence-corrected chi connectivity index (χ2v) is 6.62. The van der Waals surface area contributed by atoms with Gasteiger partial charge in [0.25, 0.3) is 0 Å². The number of urea groups is 1. The molecule has 0 bridgehead atoms. The summed E-state index contributed by atoms with van der Waals surface area (Å²) in [6, 6.07) is 10.8. The van der Waals surface area contributed by atoms with E-state index >= 15 is 0 Å². The lowest BCUT2D eigenvalue weighted by atomic mass is 10.2. The van der Waals surface area contributed by atoms with Crippen LogP contribution >= 0.6 is 23.1 Å². The van der Waals surface area contributed by atoms with Gasteiger partial charge >= 0.3 is 6.03 Å². The van der Waals surface area contributed by atoms with Gasteiger partial charge in [0, 0.05) is 30.4 Å². The normalized spacial score (nSPS) is 10.7. The van der Waals surface area contributed by atoms with Gasteiger partial charge in [0.1, 0.15) is 11.5 Å². The highest BCUT2D eigenvalue weighted by Gasteiger charge is 2.11. The van der Waals surface area contributed by atoms with Crippen LogP contribution in [0.15, 0.2) is 42.6 Å². The van der Waals surface area contributed by atoms with Gasteiger partial charge in [0.2, 0.25) is 0 Å². The molecule has 0 aliphatic heterocycles. The monoisotopic (exact) mass is 375 g/mol. The molecule has 3 aromatic rings. The SMILES string of the molecule is CCN(CC)C(=O)Nc1ccc(Oc2ccc3sncc3c2)c(Cl)c1. The molecule has 0 radical (unpaired) electrons. The quantitative estimate of drug-likeness (QED) is 0.630. The molecule has 3 rings (SSSR count). The van der Waals surface area contributed by atoms with Crippen molar-refractivity contribution in [1.29, 1.82) is 0 Å². The predicted octanol–water partition coefficient (Wildman–Crippen LogP) is 5.62. The Balaban J connectivity index is 1.74. The smallest absolute Gasteiger partial charge is 0.321 e. The van der Waals surface area contributed by atoms with E-state index < -0.39 is 0 Å².